The van der Waals surface area contributed by atoms with E-state index in [1.165, 1.54) is 17.5 Å². The molecule has 0 amide bonds. The van der Waals surface area contributed by atoms with Crippen molar-refractivity contribution in [1.29, 1.82) is 0 Å². The number of anilines is 1. The molecule has 1 aliphatic rings. The molecule has 0 saturated carbocycles. The Morgan fingerprint density at radius 2 is 2.00 bits per heavy atom. The summed E-state index contributed by atoms with van der Waals surface area (Å²) in [7, 11) is 0. The molecule has 3 aromatic rings. The van der Waals surface area contributed by atoms with Gasteiger partial charge in [-0.25, -0.2) is 14.6 Å². The van der Waals surface area contributed by atoms with Crippen LogP contribution in [0.5, 0.6) is 0 Å². The Kier molecular flexibility index (Phi) is 2.67. The van der Waals surface area contributed by atoms with Crippen molar-refractivity contribution in [2.45, 2.75) is 32.2 Å². The minimum absolute atomic E-state index is 0.338. The Balaban J connectivity index is 1.80. The highest BCUT2D eigenvalue weighted by molar-refractivity contribution is 5.87. The standard InChI is InChI=1S/C16H17N5/c1-10-14-15(17)18-9-19-16(14)21(20-10)13-7-6-11-4-2-3-5-12(11)8-13/h2-5,9,13H,6-8H2,1H3,(H2,17,18,19). The molecule has 0 saturated heterocycles. The maximum atomic E-state index is 5.97. The summed E-state index contributed by atoms with van der Waals surface area (Å²) in [5.74, 6) is 0.514. The van der Waals surface area contributed by atoms with Crippen LogP contribution in [0.1, 0.15) is 29.3 Å². The van der Waals surface area contributed by atoms with Gasteiger partial charge in [0, 0.05) is 0 Å². The Hall–Kier alpha value is -2.43. The van der Waals surface area contributed by atoms with E-state index >= 15 is 0 Å². The fraction of sp³-hybridized carbons (Fsp3) is 0.312. The molecule has 5 nitrogen and oxygen atoms in total. The van der Waals surface area contributed by atoms with Crippen LogP contribution in [-0.2, 0) is 12.8 Å². The predicted molar refractivity (Wildman–Crippen MR) is 82.0 cm³/mol. The van der Waals surface area contributed by atoms with Crippen molar-refractivity contribution < 1.29 is 0 Å². The number of hydrogen-bond donors (Lipinski definition) is 1. The van der Waals surface area contributed by atoms with Crippen molar-refractivity contribution >= 4 is 16.9 Å². The van der Waals surface area contributed by atoms with E-state index in [1.54, 1.807) is 0 Å². The average molecular weight is 279 g/mol. The van der Waals surface area contributed by atoms with E-state index in [0.717, 1.165) is 36.0 Å². The Bertz CT molecular complexity index is 821. The third-order valence-corrected chi connectivity index (χ3v) is 4.36. The van der Waals surface area contributed by atoms with Crippen molar-refractivity contribution in [3.05, 3.63) is 47.4 Å². The maximum Gasteiger partial charge on any atom is 0.163 e. The molecule has 21 heavy (non-hydrogen) atoms. The fourth-order valence-electron chi connectivity index (χ4n) is 3.31. The number of nitrogen functional groups attached to an aromatic ring is 1. The molecule has 5 heteroatoms. The zero-order valence-corrected chi connectivity index (χ0v) is 12.0. The molecule has 1 atom stereocenters. The van der Waals surface area contributed by atoms with E-state index in [9.17, 15) is 0 Å². The van der Waals surface area contributed by atoms with Crippen LogP contribution in [0.3, 0.4) is 0 Å². The number of benzene rings is 1. The summed E-state index contributed by atoms with van der Waals surface area (Å²) in [5.41, 5.74) is 10.6. The smallest absolute Gasteiger partial charge is 0.163 e. The molecule has 1 aromatic carbocycles. The molecule has 4 rings (SSSR count). The quantitative estimate of drug-likeness (QED) is 0.743. The van der Waals surface area contributed by atoms with Crippen molar-refractivity contribution in [1.82, 2.24) is 19.7 Å². The van der Waals surface area contributed by atoms with Crippen LogP contribution in [0.25, 0.3) is 11.0 Å². The summed E-state index contributed by atoms with van der Waals surface area (Å²) >= 11 is 0. The highest BCUT2D eigenvalue weighted by Gasteiger charge is 2.23. The van der Waals surface area contributed by atoms with Gasteiger partial charge >= 0.3 is 0 Å². The third-order valence-electron chi connectivity index (χ3n) is 4.36. The second-order valence-corrected chi connectivity index (χ2v) is 5.65. The summed E-state index contributed by atoms with van der Waals surface area (Å²) < 4.78 is 2.04. The minimum atomic E-state index is 0.338. The normalized spacial score (nSPS) is 17.9. The molecule has 0 spiro atoms. The van der Waals surface area contributed by atoms with E-state index in [2.05, 4.69) is 39.3 Å². The SMILES string of the molecule is Cc1nn(C2CCc3ccccc3C2)c2ncnc(N)c12. The van der Waals surface area contributed by atoms with Gasteiger partial charge in [0.15, 0.2) is 5.65 Å². The third kappa shape index (κ3) is 1.88. The van der Waals surface area contributed by atoms with E-state index in [-0.39, 0.29) is 0 Å². The summed E-state index contributed by atoms with van der Waals surface area (Å²) in [5, 5.41) is 5.57. The zero-order valence-electron chi connectivity index (χ0n) is 12.0. The topological polar surface area (TPSA) is 69.6 Å². The summed E-state index contributed by atoms with van der Waals surface area (Å²) in [6, 6.07) is 8.99. The van der Waals surface area contributed by atoms with Gasteiger partial charge < -0.3 is 5.73 Å². The van der Waals surface area contributed by atoms with Crippen molar-refractivity contribution in [3.63, 3.8) is 0 Å². The zero-order chi connectivity index (χ0) is 14.4. The molecular formula is C16H17N5. The van der Waals surface area contributed by atoms with Crippen molar-refractivity contribution in [2.24, 2.45) is 0 Å². The second-order valence-electron chi connectivity index (χ2n) is 5.65. The van der Waals surface area contributed by atoms with Gasteiger partial charge in [0.1, 0.15) is 12.1 Å². The number of nitrogens with two attached hydrogens (primary N) is 1. The lowest BCUT2D eigenvalue weighted by molar-refractivity contribution is 0.412. The van der Waals surface area contributed by atoms with Crippen LogP contribution >= 0.6 is 0 Å². The Morgan fingerprint density at radius 3 is 2.86 bits per heavy atom. The van der Waals surface area contributed by atoms with Crippen molar-refractivity contribution in [2.75, 3.05) is 5.73 Å². The molecule has 0 fully saturated rings. The second kappa shape index (κ2) is 4.55. The van der Waals surface area contributed by atoms with Crippen molar-refractivity contribution in [3.8, 4) is 0 Å². The summed E-state index contributed by atoms with van der Waals surface area (Å²) in [6.07, 6.45) is 4.68. The number of fused-ring (bicyclic) bond motifs is 2. The van der Waals surface area contributed by atoms with Gasteiger partial charge in [0.05, 0.1) is 17.1 Å². The minimum Gasteiger partial charge on any atom is -0.383 e. The largest absolute Gasteiger partial charge is 0.383 e. The maximum absolute atomic E-state index is 5.97. The van der Waals surface area contributed by atoms with E-state index in [4.69, 9.17) is 5.73 Å². The lowest BCUT2D eigenvalue weighted by Crippen LogP contribution is -2.20. The first-order valence-corrected chi connectivity index (χ1v) is 7.26. The van der Waals surface area contributed by atoms with Crippen LogP contribution in [0.15, 0.2) is 30.6 Å². The van der Waals surface area contributed by atoms with Gasteiger partial charge in [-0.15, -0.1) is 0 Å². The number of rotatable bonds is 1. The lowest BCUT2D eigenvalue weighted by Gasteiger charge is -2.25. The van der Waals surface area contributed by atoms with E-state index < -0.39 is 0 Å². The summed E-state index contributed by atoms with van der Waals surface area (Å²) in [4.78, 5) is 8.48. The monoisotopic (exact) mass is 279 g/mol. The molecule has 1 unspecified atom stereocenters. The number of hydrogen-bond acceptors (Lipinski definition) is 4. The highest BCUT2D eigenvalue weighted by Crippen LogP contribution is 2.31. The number of aromatic nitrogens is 4. The van der Waals surface area contributed by atoms with E-state index in [0.29, 0.717) is 11.9 Å². The van der Waals surface area contributed by atoms with Gasteiger partial charge in [-0.3, -0.25) is 0 Å². The Morgan fingerprint density at radius 1 is 1.19 bits per heavy atom. The van der Waals surface area contributed by atoms with Crippen LogP contribution in [-0.4, -0.2) is 19.7 Å². The Labute approximate surface area is 122 Å². The van der Waals surface area contributed by atoms with Crippen LogP contribution < -0.4 is 5.73 Å². The molecule has 2 aromatic heterocycles. The molecule has 0 bridgehead atoms. The molecule has 0 aliphatic heterocycles. The highest BCUT2D eigenvalue weighted by atomic mass is 15.3. The van der Waals surface area contributed by atoms with Gasteiger partial charge in [-0.05, 0) is 37.3 Å². The predicted octanol–water partition coefficient (Wildman–Crippen LogP) is 2.45. The van der Waals surface area contributed by atoms with Crippen LogP contribution in [0.4, 0.5) is 5.82 Å². The molecule has 106 valence electrons. The molecule has 2 heterocycles. The molecular weight excluding hydrogens is 262 g/mol. The fourth-order valence-corrected chi connectivity index (χ4v) is 3.31. The van der Waals surface area contributed by atoms with Gasteiger partial charge in [0.25, 0.3) is 0 Å². The van der Waals surface area contributed by atoms with Crippen LogP contribution in [0.2, 0.25) is 0 Å². The lowest BCUT2D eigenvalue weighted by atomic mass is 9.88. The first-order valence-electron chi connectivity index (χ1n) is 7.26. The number of aryl methyl sites for hydroxylation is 2. The van der Waals surface area contributed by atoms with Gasteiger partial charge in [0.2, 0.25) is 0 Å². The van der Waals surface area contributed by atoms with Gasteiger partial charge in [-0.2, -0.15) is 5.10 Å². The van der Waals surface area contributed by atoms with Crippen LogP contribution in [0, 0.1) is 6.92 Å². The first kappa shape index (κ1) is 12.3. The molecule has 2 N–H and O–H groups in total. The van der Waals surface area contributed by atoms with Gasteiger partial charge in [-0.1, -0.05) is 24.3 Å². The first-order chi connectivity index (χ1) is 10.2. The summed E-state index contributed by atoms with van der Waals surface area (Å²) in [6.45, 7) is 1.97. The average Bonchev–Trinajstić information content (AvgIpc) is 2.85. The molecule has 0 radical (unpaired) electrons. The molecule has 1 aliphatic carbocycles. The number of nitrogens with zero attached hydrogens (tertiary/aromatic N) is 4. The van der Waals surface area contributed by atoms with E-state index in [1.807, 2.05) is 11.6 Å².